The zero-order valence-electron chi connectivity index (χ0n) is 11.6. The largest absolute Gasteiger partial charge is 0.298 e. The Morgan fingerprint density at radius 1 is 1.28 bits per heavy atom. The summed E-state index contributed by atoms with van der Waals surface area (Å²) < 4.78 is 0. The van der Waals surface area contributed by atoms with Gasteiger partial charge in [0.1, 0.15) is 5.78 Å². The highest BCUT2D eigenvalue weighted by Crippen LogP contribution is 2.65. The Morgan fingerprint density at radius 2 is 1.94 bits per heavy atom. The first-order chi connectivity index (χ1) is 8.44. The third-order valence-corrected chi connectivity index (χ3v) is 5.20. The summed E-state index contributed by atoms with van der Waals surface area (Å²) in [5.74, 6) is 1.55. The lowest BCUT2D eigenvalue weighted by Crippen LogP contribution is -2.37. The van der Waals surface area contributed by atoms with Crippen molar-refractivity contribution in [2.75, 3.05) is 0 Å². The average molecular weight is 244 g/mol. The maximum atomic E-state index is 12.9. The fourth-order valence-electron chi connectivity index (χ4n) is 4.47. The molecule has 2 rings (SSSR count). The van der Waals surface area contributed by atoms with Gasteiger partial charge in [0.05, 0.1) is 0 Å². The van der Waals surface area contributed by atoms with Crippen LogP contribution in [0.1, 0.15) is 33.1 Å². The van der Waals surface area contributed by atoms with Crippen molar-refractivity contribution in [3.05, 3.63) is 38.0 Å². The van der Waals surface area contributed by atoms with Crippen molar-refractivity contribution in [3.63, 3.8) is 0 Å². The topological polar surface area (TPSA) is 17.1 Å². The normalized spacial score (nSPS) is 41.4. The van der Waals surface area contributed by atoms with E-state index in [0.29, 0.717) is 17.6 Å². The number of carbonyl (C=O) groups is 1. The van der Waals surface area contributed by atoms with E-state index >= 15 is 0 Å². The Bertz CT molecular complexity index is 404. The maximum absolute atomic E-state index is 12.9. The Labute approximate surface area is 111 Å². The highest BCUT2D eigenvalue weighted by Gasteiger charge is 2.65. The Hall–Kier alpha value is -1.11. The van der Waals surface area contributed by atoms with E-state index in [9.17, 15) is 4.79 Å². The molecule has 0 aromatic rings. The van der Waals surface area contributed by atoms with Crippen LogP contribution in [0.5, 0.6) is 0 Å². The number of fused-ring (bicyclic) bond motifs is 1. The second kappa shape index (κ2) is 4.22. The molecule has 0 aromatic heterocycles. The van der Waals surface area contributed by atoms with E-state index in [4.69, 9.17) is 0 Å². The lowest BCUT2D eigenvalue weighted by atomic mass is 9.68. The third-order valence-electron chi connectivity index (χ3n) is 5.20. The molecule has 0 aliphatic heterocycles. The first-order valence-electron chi connectivity index (χ1n) is 6.85. The molecule has 98 valence electrons. The van der Waals surface area contributed by atoms with Gasteiger partial charge in [0, 0.05) is 10.8 Å². The van der Waals surface area contributed by atoms with Crippen molar-refractivity contribution in [1.29, 1.82) is 0 Å². The molecule has 1 heteroatoms. The van der Waals surface area contributed by atoms with Gasteiger partial charge in [-0.1, -0.05) is 32.1 Å². The van der Waals surface area contributed by atoms with Crippen LogP contribution in [0.2, 0.25) is 0 Å². The SMILES string of the molecule is C=CC[C@@]12C(=O)C(C)(C)C[C@@H]1[C@H](C=C)C[C@@H]2C=C. The summed E-state index contributed by atoms with van der Waals surface area (Å²) >= 11 is 0. The lowest BCUT2D eigenvalue weighted by molar-refractivity contribution is -0.134. The van der Waals surface area contributed by atoms with E-state index in [1.165, 1.54) is 0 Å². The van der Waals surface area contributed by atoms with Gasteiger partial charge in [0.15, 0.2) is 0 Å². The van der Waals surface area contributed by atoms with Crippen LogP contribution in [-0.2, 0) is 4.79 Å². The molecule has 0 bridgehead atoms. The number of hydrogen-bond donors (Lipinski definition) is 0. The summed E-state index contributed by atoms with van der Waals surface area (Å²) in [4.78, 5) is 12.9. The van der Waals surface area contributed by atoms with Crippen LogP contribution in [0.4, 0.5) is 0 Å². The molecule has 2 fully saturated rings. The van der Waals surface area contributed by atoms with Crippen molar-refractivity contribution in [1.82, 2.24) is 0 Å². The fourth-order valence-corrected chi connectivity index (χ4v) is 4.47. The lowest BCUT2D eigenvalue weighted by Gasteiger charge is -2.33. The summed E-state index contributed by atoms with van der Waals surface area (Å²) in [6, 6.07) is 0. The van der Waals surface area contributed by atoms with Gasteiger partial charge in [0.25, 0.3) is 0 Å². The Balaban J connectivity index is 2.54. The van der Waals surface area contributed by atoms with E-state index in [2.05, 4.69) is 33.6 Å². The molecule has 4 atom stereocenters. The van der Waals surface area contributed by atoms with E-state index in [1.807, 2.05) is 18.2 Å². The quantitative estimate of drug-likeness (QED) is 0.678. The number of carbonyl (C=O) groups excluding carboxylic acids is 1. The van der Waals surface area contributed by atoms with E-state index < -0.39 is 0 Å². The molecule has 0 aromatic carbocycles. The summed E-state index contributed by atoms with van der Waals surface area (Å²) in [6.07, 6.45) is 8.71. The van der Waals surface area contributed by atoms with Crippen molar-refractivity contribution in [2.45, 2.75) is 33.1 Å². The Kier molecular flexibility index (Phi) is 3.12. The number of Topliss-reactive ketones (excluding diaryl/α,β-unsaturated/α-hetero) is 1. The molecule has 2 aliphatic rings. The van der Waals surface area contributed by atoms with Gasteiger partial charge in [-0.15, -0.1) is 19.7 Å². The second-order valence-corrected chi connectivity index (χ2v) is 6.53. The minimum atomic E-state index is -0.258. The van der Waals surface area contributed by atoms with Crippen LogP contribution in [-0.4, -0.2) is 5.78 Å². The molecule has 0 saturated heterocycles. The first kappa shape index (κ1) is 13.3. The maximum Gasteiger partial charge on any atom is 0.145 e. The molecular weight excluding hydrogens is 220 g/mol. The standard InChI is InChI=1S/C17H24O/c1-6-9-17-13(8-3)10-12(7-2)14(17)11-16(4,5)15(17)18/h6-8,12-14H,1-3,9-11H2,4-5H3/t12-,13+,14-,17+/m1/s1. The number of ketones is 1. The van der Waals surface area contributed by atoms with Crippen LogP contribution in [0.25, 0.3) is 0 Å². The molecule has 0 unspecified atom stereocenters. The van der Waals surface area contributed by atoms with Gasteiger partial charge in [-0.25, -0.2) is 0 Å². The summed E-state index contributed by atoms with van der Waals surface area (Å²) in [7, 11) is 0. The third kappa shape index (κ3) is 1.49. The van der Waals surface area contributed by atoms with Gasteiger partial charge in [-0.2, -0.15) is 0 Å². The van der Waals surface area contributed by atoms with Crippen LogP contribution in [0, 0.1) is 28.6 Å². The molecule has 2 aliphatic carbocycles. The van der Waals surface area contributed by atoms with Gasteiger partial charge >= 0.3 is 0 Å². The molecule has 1 nitrogen and oxygen atoms in total. The molecule has 0 N–H and O–H groups in total. The summed E-state index contributed by atoms with van der Waals surface area (Å²) in [5, 5.41) is 0. The van der Waals surface area contributed by atoms with Crippen LogP contribution >= 0.6 is 0 Å². The number of allylic oxidation sites excluding steroid dienone is 3. The van der Waals surface area contributed by atoms with Crippen LogP contribution in [0.15, 0.2) is 38.0 Å². The molecule has 0 radical (unpaired) electrons. The van der Waals surface area contributed by atoms with Gasteiger partial charge < -0.3 is 0 Å². The zero-order chi connectivity index (χ0) is 13.6. The van der Waals surface area contributed by atoms with Gasteiger partial charge in [-0.05, 0) is 37.0 Å². The fraction of sp³-hybridized carbons (Fsp3) is 0.588. The van der Waals surface area contributed by atoms with Crippen molar-refractivity contribution in [2.24, 2.45) is 28.6 Å². The van der Waals surface area contributed by atoms with Crippen LogP contribution < -0.4 is 0 Å². The van der Waals surface area contributed by atoms with Crippen molar-refractivity contribution in [3.8, 4) is 0 Å². The van der Waals surface area contributed by atoms with E-state index in [1.54, 1.807) is 0 Å². The van der Waals surface area contributed by atoms with Crippen LogP contribution in [0.3, 0.4) is 0 Å². The van der Waals surface area contributed by atoms with Gasteiger partial charge in [0.2, 0.25) is 0 Å². The second-order valence-electron chi connectivity index (χ2n) is 6.53. The zero-order valence-corrected chi connectivity index (χ0v) is 11.6. The molecule has 18 heavy (non-hydrogen) atoms. The first-order valence-corrected chi connectivity index (χ1v) is 6.85. The van der Waals surface area contributed by atoms with Crippen molar-refractivity contribution >= 4 is 5.78 Å². The van der Waals surface area contributed by atoms with E-state index in [-0.39, 0.29) is 16.7 Å². The molecule has 0 heterocycles. The highest BCUT2D eigenvalue weighted by atomic mass is 16.1. The number of hydrogen-bond acceptors (Lipinski definition) is 1. The van der Waals surface area contributed by atoms with E-state index in [0.717, 1.165) is 19.3 Å². The monoisotopic (exact) mass is 244 g/mol. The highest BCUT2D eigenvalue weighted by molar-refractivity contribution is 5.93. The predicted octanol–water partition coefficient (Wildman–Crippen LogP) is 4.17. The molecule has 0 amide bonds. The average Bonchev–Trinajstić information content (AvgIpc) is 2.72. The molecule has 2 saturated carbocycles. The predicted molar refractivity (Wildman–Crippen MR) is 76.1 cm³/mol. The molecule has 0 spiro atoms. The summed E-state index contributed by atoms with van der Waals surface area (Å²) in [6.45, 7) is 16.0. The van der Waals surface area contributed by atoms with Crippen molar-refractivity contribution < 1.29 is 4.79 Å². The van der Waals surface area contributed by atoms with Gasteiger partial charge in [-0.3, -0.25) is 4.79 Å². The summed E-state index contributed by atoms with van der Waals surface area (Å²) in [5.41, 5.74) is -0.470. The minimum Gasteiger partial charge on any atom is -0.298 e. The smallest absolute Gasteiger partial charge is 0.145 e. The molecular formula is C17H24O. The number of rotatable bonds is 4. The Morgan fingerprint density at radius 3 is 2.44 bits per heavy atom. The minimum absolute atomic E-state index is 0.212.